The number of carbonyl (C=O) groups excluding carboxylic acids is 1. The van der Waals surface area contributed by atoms with Crippen LogP contribution in [0.25, 0.3) is 0 Å². The average Bonchev–Trinajstić information content (AvgIpc) is 2.34. The number of hydrogen-bond donors (Lipinski definition) is 2. The van der Waals surface area contributed by atoms with Gasteiger partial charge in [0.05, 0.1) is 12.1 Å². The lowest BCUT2D eigenvalue weighted by Crippen LogP contribution is -2.36. The van der Waals surface area contributed by atoms with E-state index < -0.39 is 11.7 Å². The molecular weight excluding hydrogens is 337 g/mol. The molecule has 1 atom stereocenters. The summed E-state index contributed by atoms with van der Waals surface area (Å²) in [7, 11) is 0. The summed E-state index contributed by atoms with van der Waals surface area (Å²) in [5, 5.41) is 5.41. The normalized spacial score (nSPS) is 12.9. The molecule has 1 rings (SSSR count). The van der Waals surface area contributed by atoms with Crippen molar-refractivity contribution in [2.45, 2.75) is 32.5 Å². The molecule has 0 radical (unpaired) electrons. The summed E-state index contributed by atoms with van der Waals surface area (Å²) >= 11 is 3.02. The predicted octanol–water partition coefficient (Wildman–Crippen LogP) is 3.79. The molecule has 1 unspecified atom stereocenters. The van der Waals surface area contributed by atoms with E-state index in [1.807, 2.05) is 13.8 Å². The molecule has 0 heterocycles. The van der Waals surface area contributed by atoms with E-state index in [9.17, 15) is 18.0 Å². The highest BCUT2D eigenvalue weighted by Gasteiger charge is 2.31. The van der Waals surface area contributed by atoms with Crippen molar-refractivity contribution in [1.82, 2.24) is 5.32 Å². The van der Waals surface area contributed by atoms with Gasteiger partial charge >= 0.3 is 6.18 Å². The molecule has 0 bridgehead atoms. The number of nitrogens with one attached hydrogen (secondary N) is 2. The summed E-state index contributed by atoms with van der Waals surface area (Å²) in [5.74, 6) is -0.257. The zero-order valence-electron chi connectivity index (χ0n) is 11.1. The lowest BCUT2D eigenvalue weighted by Gasteiger charge is -2.14. The fourth-order valence-corrected chi connectivity index (χ4v) is 1.96. The van der Waals surface area contributed by atoms with E-state index in [-0.39, 0.29) is 24.2 Å². The SMILES string of the molecule is CCC(C)NC(=O)CNc1cc(Br)cc(C(F)(F)F)c1. The van der Waals surface area contributed by atoms with E-state index in [4.69, 9.17) is 0 Å². The van der Waals surface area contributed by atoms with Crippen LogP contribution in [0.5, 0.6) is 0 Å². The number of anilines is 1. The lowest BCUT2D eigenvalue weighted by atomic mass is 10.2. The van der Waals surface area contributed by atoms with Gasteiger partial charge in [0.15, 0.2) is 0 Å². The van der Waals surface area contributed by atoms with Crippen LogP contribution in [0.3, 0.4) is 0 Å². The van der Waals surface area contributed by atoms with Crippen LogP contribution in [0, 0.1) is 0 Å². The van der Waals surface area contributed by atoms with Crippen LogP contribution in [0.2, 0.25) is 0 Å². The topological polar surface area (TPSA) is 41.1 Å². The Morgan fingerprint density at radius 3 is 2.55 bits per heavy atom. The Bertz CT molecular complexity index is 477. The molecule has 0 saturated carbocycles. The van der Waals surface area contributed by atoms with Gasteiger partial charge in [0.25, 0.3) is 0 Å². The standard InChI is InChI=1S/C13H16BrF3N2O/c1-3-8(2)19-12(20)7-18-11-5-9(13(15,16)17)4-10(14)6-11/h4-6,8,18H,3,7H2,1-2H3,(H,19,20). The van der Waals surface area contributed by atoms with Crippen molar-refractivity contribution < 1.29 is 18.0 Å². The zero-order chi connectivity index (χ0) is 15.3. The Labute approximate surface area is 124 Å². The summed E-state index contributed by atoms with van der Waals surface area (Å²) < 4.78 is 38.2. The molecule has 0 fully saturated rings. The smallest absolute Gasteiger partial charge is 0.376 e. The molecule has 0 aromatic heterocycles. The van der Waals surface area contributed by atoms with Crippen molar-refractivity contribution in [3.8, 4) is 0 Å². The second-order valence-electron chi connectivity index (χ2n) is 4.46. The van der Waals surface area contributed by atoms with Crippen molar-refractivity contribution in [2.24, 2.45) is 0 Å². The molecule has 112 valence electrons. The molecular formula is C13H16BrF3N2O. The highest BCUT2D eigenvalue weighted by atomic mass is 79.9. The minimum absolute atomic E-state index is 0.0394. The number of hydrogen-bond acceptors (Lipinski definition) is 2. The van der Waals surface area contributed by atoms with Crippen LogP contribution in [0.1, 0.15) is 25.8 Å². The first-order valence-electron chi connectivity index (χ1n) is 6.13. The highest BCUT2D eigenvalue weighted by molar-refractivity contribution is 9.10. The van der Waals surface area contributed by atoms with Crippen molar-refractivity contribution in [2.75, 3.05) is 11.9 Å². The van der Waals surface area contributed by atoms with Gasteiger partial charge in [-0.25, -0.2) is 0 Å². The molecule has 0 aliphatic heterocycles. The Morgan fingerprint density at radius 2 is 2.00 bits per heavy atom. The van der Waals surface area contributed by atoms with E-state index in [0.29, 0.717) is 4.47 Å². The molecule has 0 saturated heterocycles. The number of rotatable bonds is 5. The minimum atomic E-state index is -4.42. The van der Waals surface area contributed by atoms with Crippen LogP contribution in [-0.2, 0) is 11.0 Å². The first kappa shape index (κ1) is 16.8. The van der Waals surface area contributed by atoms with E-state index >= 15 is 0 Å². The van der Waals surface area contributed by atoms with E-state index in [0.717, 1.165) is 18.6 Å². The molecule has 20 heavy (non-hydrogen) atoms. The fourth-order valence-electron chi connectivity index (χ4n) is 1.47. The van der Waals surface area contributed by atoms with Gasteiger partial charge < -0.3 is 10.6 Å². The molecule has 1 aromatic rings. The second kappa shape index (κ2) is 6.97. The third-order valence-corrected chi connectivity index (χ3v) is 3.16. The third-order valence-electron chi connectivity index (χ3n) is 2.70. The number of amides is 1. The fraction of sp³-hybridized carbons (Fsp3) is 0.462. The summed E-state index contributed by atoms with van der Waals surface area (Å²) in [6.07, 6.45) is -3.62. The number of carbonyl (C=O) groups is 1. The van der Waals surface area contributed by atoms with Crippen molar-refractivity contribution in [3.05, 3.63) is 28.2 Å². The zero-order valence-corrected chi connectivity index (χ0v) is 12.7. The van der Waals surface area contributed by atoms with Crippen LogP contribution >= 0.6 is 15.9 Å². The number of halogens is 4. The van der Waals surface area contributed by atoms with Crippen LogP contribution in [0.15, 0.2) is 22.7 Å². The molecule has 2 N–H and O–H groups in total. The largest absolute Gasteiger partial charge is 0.416 e. The quantitative estimate of drug-likeness (QED) is 0.846. The van der Waals surface area contributed by atoms with Gasteiger partial charge in [0, 0.05) is 16.2 Å². The minimum Gasteiger partial charge on any atom is -0.376 e. The molecule has 0 spiro atoms. The third kappa shape index (κ3) is 5.40. The molecule has 0 aliphatic rings. The number of alkyl halides is 3. The van der Waals surface area contributed by atoms with Gasteiger partial charge in [-0.05, 0) is 31.5 Å². The van der Waals surface area contributed by atoms with Crippen LogP contribution in [-0.4, -0.2) is 18.5 Å². The molecule has 7 heteroatoms. The average molecular weight is 353 g/mol. The Hall–Kier alpha value is -1.24. The van der Waals surface area contributed by atoms with Gasteiger partial charge in [0.1, 0.15) is 0 Å². The Balaban J connectivity index is 2.69. The van der Waals surface area contributed by atoms with Crippen molar-refractivity contribution in [3.63, 3.8) is 0 Å². The first-order chi connectivity index (χ1) is 9.22. The first-order valence-corrected chi connectivity index (χ1v) is 6.92. The van der Waals surface area contributed by atoms with E-state index in [2.05, 4.69) is 26.6 Å². The second-order valence-corrected chi connectivity index (χ2v) is 5.37. The Morgan fingerprint density at radius 1 is 1.35 bits per heavy atom. The molecule has 1 aromatic carbocycles. The van der Waals surface area contributed by atoms with Crippen LogP contribution < -0.4 is 10.6 Å². The van der Waals surface area contributed by atoms with Crippen molar-refractivity contribution >= 4 is 27.5 Å². The maximum atomic E-state index is 12.6. The van der Waals surface area contributed by atoms with Gasteiger partial charge in [-0.1, -0.05) is 22.9 Å². The van der Waals surface area contributed by atoms with E-state index in [1.54, 1.807) is 0 Å². The lowest BCUT2D eigenvalue weighted by molar-refractivity contribution is -0.137. The monoisotopic (exact) mass is 352 g/mol. The predicted molar refractivity (Wildman–Crippen MR) is 75.5 cm³/mol. The highest BCUT2D eigenvalue weighted by Crippen LogP contribution is 2.33. The summed E-state index contributed by atoms with van der Waals surface area (Å²) in [4.78, 5) is 11.5. The molecule has 1 amide bonds. The number of benzene rings is 1. The Kier molecular flexibility index (Phi) is 5.86. The maximum Gasteiger partial charge on any atom is 0.416 e. The van der Waals surface area contributed by atoms with Crippen molar-refractivity contribution in [1.29, 1.82) is 0 Å². The summed E-state index contributed by atoms with van der Waals surface area (Å²) in [5.41, 5.74) is -0.525. The van der Waals surface area contributed by atoms with Crippen LogP contribution in [0.4, 0.5) is 18.9 Å². The van der Waals surface area contributed by atoms with Gasteiger partial charge in [-0.3, -0.25) is 4.79 Å². The molecule has 3 nitrogen and oxygen atoms in total. The van der Waals surface area contributed by atoms with Gasteiger partial charge in [-0.15, -0.1) is 0 Å². The van der Waals surface area contributed by atoms with Gasteiger partial charge in [-0.2, -0.15) is 13.2 Å². The molecule has 0 aliphatic carbocycles. The van der Waals surface area contributed by atoms with Gasteiger partial charge in [0.2, 0.25) is 5.91 Å². The van der Waals surface area contributed by atoms with E-state index in [1.165, 1.54) is 6.07 Å². The summed E-state index contributed by atoms with van der Waals surface area (Å²) in [6.45, 7) is 3.72. The maximum absolute atomic E-state index is 12.6. The summed E-state index contributed by atoms with van der Waals surface area (Å²) in [6, 6.07) is 3.50.